The Labute approximate surface area is 99.8 Å². The molecule has 82 valence electrons. The lowest BCUT2D eigenvalue weighted by molar-refractivity contribution is 0.513. The molecule has 0 spiro atoms. The van der Waals surface area contributed by atoms with E-state index >= 15 is 0 Å². The standard InChI is InChI=1S/C12H17BrN2/c1-8(14-2)11-7-15(3)12-5-4-9(13)6-10(11)12/h4-6,8,11,14H,7H2,1-3H3. The van der Waals surface area contributed by atoms with E-state index < -0.39 is 0 Å². The van der Waals surface area contributed by atoms with Gasteiger partial charge in [0.05, 0.1) is 0 Å². The largest absolute Gasteiger partial charge is 0.374 e. The second-order valence-corrected chi connectivity index (χ2v) is 5.18. The minimum absolute atomic E-state index is 0.517. The van der Waals surface area contributed by atoms with Crippen molar-refractivity contribution in [2.24, 2.45) is 0 Å². The fraction of sp³-hybridized carbons (Fsp3) is 0.500. The van der Waals surface area contributed by atoms with Crippen LogP contribution in [0.1, 0.15) is 18.4 Å². The lowest BCUT2D eigenvalue weighted by Crippen LogP contribution is -2.31. The first-order chi connectivity index (χ1) is 7.13. The van der Waals surface area contributed by atoms with Crippen molar-refractivity contribution in [1.29, 1.82) is 0 Å². The third-order valence-electron chi connectivity index (χ3n) is 3.33. The molecule has 2 rings (SSSR count). The van der Waals surface area contributed by atoms with Crippen LogP contribution in [0.15, 0.2) is 22.7 Å². The van der Waals surface area contributed by atoms with Crippen LogP contribution < -0.4 is 10.2 Å². The predicted molar refractivity (Wildman–Crippen MR) is 68.7 cm³/mol. The number of benzene rings is 1. The zero-order valence-electron chi connectivity index (χ0n) is 9.42. The van der Waals surface area contributed by atoms with Crippen molar-refractivity contribution in [2.45, 2.75) is 18.9 Å². The lowest BCUT2D eigenvalue weighted by Gasteiger charge is -2.19. The summed E-state index contributed by atoms with van der Waals surface area (Å²) < 4.78 is 1.17. The SMILES string of the molecule is CNC(C)C1CN(C)c2ccc(Br)cc21. The van der Waals surface area contributed by atoms with Gasteiger partial charge in [-0.3, -0.25) is 0 Å². The maximum Gasteiger partial charge on any atom is 0.0401 e. The fourth-order valence-electron chi connectivity index (χ4n) is 2.29. The van der Waals surface area contributed by atoms with E-state index in [0.29, 0.717) is 12.0 Å². The van der Waals surface area contributed by atoms with E-state index in [2.05, 4.69) is 58.3 Å². The molecule has 0 aliphatic carbocycles. The zero-order chi connectivity index (χ0) is 11.0. The van der Waals surface area contributed by atoms with E-state index in [1.165, 1.54) is 15.7 Å². The van der Waals surface area contributed by atoms with Gasteiger partial charge in [0.25, 0.3) is 0 Å². The van der Waals surface area contributed by atoms with E-state index in [1.54, 1.807) is 0 Å². The summed E-state index contributed by atoms with van der Waals surface area (Å²) in [4.78, 5) is 2.33. The first kappa shape index (κ1) is 11.0. The Kier molecular flexibility index (Phi) is 3.03. The molecule has 0 fully saturated rings. The smallest absolute Gasteiger partial charge is 0.0401 e. The molecule has 0 bridgehead atoms. The van der Waals surface area contributed by atoms with Gasteiger partial charge in [-0.05, 0) is 37.7 Å². The Balaban J connectivity index is 2.39. The number of rotatable bonds is 2. The molecule has 1 aromatic rings. The van der Waals surface area contributed by atoms with Crippen LogP contribution >= 0.6 is 15.9 Å². The number of nitrogens with zero attached hydrogens (tertiary/aromatic N) is 1. The summed E-state index contributed by atoms with van der Waals surface area (Å²) >= 11 is 3.54. The molecule has 0 saturated carbocycles. The molecule has 1 heterocycles. The van der Waals surface area contributed by atoms with Crippen LogP contribution in [0.25, 0.3) is 0 Å². The molecule has 0 amide bonds. The Morgan fingerprint density at radius 1 is 1.53 bits per heavy atom. The van der Waals surface area contributed by atoms with Crippen LogP contribution in [-0.2, 0) is 0 Å². The second-order valence-electron chi connectivity index (χ2n) is 4.27. The van der Waals surface area contributed by atoms with E-state index in [9.17, 15) is 0 Å². The van der Waals surface area contributed by atoms with Crippen molar-refractivity contribution in [1.82, 2.24) is 5.32 Å². The number of fused-ring (bicyclic) bond motifs is 1. The topological polar surface area (TPSA) is 15.3 Å². The van der Waals surface area contributed by atoms with Gasteiger partial charge >= 0.3 is 0 Å². The van der Waals surface area contributed by atoms with Gasteiger partial charge in [0.2, 0.25) is 0 Å². The van der Waals surface area contributed by atoms with Gasteiger partial charge in [-0.25, -0.2) is 0 Å². The Morgan fingerprint density at radius 3 is 2.93 bits per heavy atom. The number of hydrogen-bond donors (Lipinski definition) is 1. The molecule has 1 aliphatic rings. The number of nitrogens with one attached hydrogen (secondary N) is 1. The molecular formula is C12H17BrN2. The van der Waals surface area contributed by atoms with Gasteiger partial charge in [-0.2, -0.15) is 0 Å². The van der Waals surface area contributed by atoms with Gasteiger partial charge in [-0.1, -0.05) is 15.9 Å². The molecular weight excluding hydrogens is 252 g/mol. The summed E-state index contributed by atoms with van der Waals surface area (Å²) in [5.41, 5.74) is 2.82. The zero-order valence-corrected chi connectivity index (χ0v) is 11.0. The van der Waals surface area contributed by atoms with Crippen LogP contribution in [0.5, 0.6) is 0 Å². The molecule has 2 unspecified atom stereocenters. The molecule has 1 aliphatic heterocycles. The minimum atomic E-state index is 0.517. The molecule has 0 radical (unpaired) electrons. The van der Waals surface area contributed by atoms with E-state index in [1.807, 2.05) is 7.05 Å². The predicted octanol–water partition coefficient (Wildman–Crippen LogP) is 2.59. The highest BCUT2D eigenvalue weighted by Gasteiger charge is 2.29. The fourth-order valence-corrected chi connectivity index (χ4v) is 2.67. The number of halogens is 1. The molecule has 3 heteroatoms. The molecule has 15 heavy (non-hydrogen) atoms. The van der Waals surface area contributed by atoms with Gasteiger partial charge in [0.15, 0.2) is 0 Å². The average Bonchev–Trinajstić information content (AvgIpc) is 2.54. The molecule has 2 atom stereocenters. The summed E-state index contributed by atoms with van der Waals surface area (Å²) in [5, 5.41) is 3.35. The van der Waals surface area contributed by atoms with Crippen molar-refractivity contribution in [3.05, 3.63) is 28.2 Å². The van der Waals surface area contributed by atoms with Crippen molar-refractivity contribution < 1.29 is 0 Å². The molecule has 2 nitrogen and oxygen atoms in total. The van der Waals surface area contributed by atoms with Crippen LogP contribution in [0.3, 0.4) is 0 Å². The van der Waals surface area contributed by atoms with Gasteiger partial charge < -0.3 is 10.2 Å². The quantitative estimate of drug-likeness (QED) is 0.887. The molecule has 1 N–H and O–H groups in total. The number of likely N-dealkylation sites (N-methyl/N-ethyl adjacent to an activating group) is 2. The molecule has 1 aromatic carbocycles. The maximum absolute atomic E-state index is 3.54. The summed E-state index contributed by atoms with van der Waals surface area (Å²) in [6.45, 7) is 3.35. The summed E-state index contributed by atoms with van der Waals surface area (Å²) in [6.07, 6.45) is 0. The monoisotopic (exact) mass is 268 g/mol. The average molecular weight is 269 g/mol. The lowest BCUT2D eigenvalue weighted by atomic mass is 9.95. The minimum Gasteiger partial charge on any atom is -0.374 e. The van der Waals surface area contributed by atoms with E-state index in [0.717, 1.165) is 6.54 Å². The van der Waals surface area contributed by atoms with Crippen molar-refractivity contribution in [2.75, 3.05) is 25.5 Å². The van der Waals surface area contributed by atoms with Gasteiger partial charge in [0, 0.05) is 35.7 Å². The van der Waals surface area contributed by atoms with Crippen LogP contribution in [-0.4, -0.2) is 26.7 Å². The van der Waals surface area contributed by atoms with Crippen LogP contribution in [0.4, 0.5) is 5.69 Å². The second kappa shape index (κ2) is 4.14. The number of hydrogen-bond acceptors (Lipinski definition) is 2. The van der Waals surface area contributed by atoms with E-state index in [-0.39, 0.29) is 0 Å². The maximum atomic E-state index is 3.54. The van der Waals surface area contributed by atoms with Crippen molar-refractivity contribution in [3.63, 3.8) is 0 Å². The van der Waals surface area contributed by atoms with Crippen molar-refractivity contribution in [3.8, 4) is 0 Å². The first-order valence-electron chi connectivity index (χ1n) is 5.31. The normalized spacial score (nSPS) is 21.6. The third kappa shape index (κ3) is 1.91. The highest BCUT2D eigenvalue weighted by atomic mass is 79.9. The Hall–Kier alpha value is -0.540. The Morgan fingerprint density at radius 2 is 2.27 bits per heavy atom. The van der Waals surface area contributed by atoms with Gasteiger partial charge in [-0.15, -0.1) is 0 Å². The highest BCUT2D eigenvalue weighted by Crippen LogP contribution is 2.38. The van der Waals surface area contributed by atoms with Crippen LogP contribution in [0, 0.1) is 0 Å². The first-order valence-corrected chi connectivity index (χ1v) is 6.10. The summed E-state index contributed by atoms with van der Waals surface area (Å²) in [7, 11) is 4.19. The molecule has 0 saturated heterocycles. The summed E-state index contributed by atoms with van der Waals surface area (Å²) in [6, 6.07) is 7.07. The van der Waals surface area contributed by atoms with Gasteiger partial charge in [0.1, 0.15) is 0 Å². The van der Waals surface area contributed by atoms with Crippen molar-refractivity contribution >= 4 is 21.6 Å². The highest BCUT2D eigenvalue weighted by molar-refractivity contribution is 9.10. The summed E-state index contributed by atoms with van der Waals surface area (Å²) in [5.74, 6) is 0.590. The Bertz CT molecular complexity index is 365. The van der Waals surface area contributed by atoms with E-state index in [4.69, 9.17) is 0 Å². The van der Waals surface area contributed by atoms with Crippen LogP contribution in [0.2, 0.25) is 0 Å². The third-order valence-corrected chi connectivity index (χ3v) is 3.82. The molecule has 0 aromatic heterocycles. The number of anilines is 1.